The predicted octanol–water partition coefficient (Wildman–Crippen LogP) is 10.3. The van der Waals surface area contributed by atoms with Crippen molar-refractivity contribution in [2.45, 2.75) is 146 Å². The molecule has 0 saturated heterocycles. The molecular formula is C31H58. The Balaban J connectivity index is 1.82. The first-order valence-electron chi connectivity index (χ1n) is 14.2. The van der Waals surface area contributed by atoms with Crippen molar-refractivity contribution < 1.29 is 0 Å². The molecule has 0 nitrogen and oxygen atoms in total. The van der Waals surface area contributed by atoms with Gasteiger partial charge in [0.1, 0.15) is 0 Å². The van der Waals surface area contributed by atoms with Crippen LogP contribution in [0.3, 0.4) is 0 Å². The highest BCUT2D eigenvalue weighted by molar-refractivity contribution is 5.16. The molecular weight excluding hydrogens is 372 g/mol. The van der Waals surface area contributed by atoms with Crippen LogP contribution in [0.25, 0.3) is 0 Å². The van der Waals surface area contributed by atoms with Crippen molar-refractivity contribution in [3.8, 4) is 0 Å². The van der Waals surface area contributed by atoms with Crippen LogP contribution in [0.4, 0.5) is 0 Å². The highest BCUT2D eigenvalue weighted by atomic mass is 14.7. The molecule has 182 valence electrons. The molecule has 0 spiro atoms. The molecule has 3 fully saturated rings. The summed E-state index contributed by atoms with van der Waals surface area (Å²) in [5.41, 5.74) is 2.63. The molecule has 0 amide bonds. The summed E-state index contributed by atoms with van der Waals surface area (Å²) < 4.78 is 0. The molecule has 3 saturated carbocycles. The molecule has 5 unspecified atom stereocenters. The summed E-state index contributed by atoms with van der Waals surface area (Å²) in [6, 6.07) is 0. The maximum absolute atomic E-state index is 2.76. The molecule has 3 rings (SSSR count). The quantitative estimate of drug-likeness (QED) is 0.367. The van der Waals surface area contributed by atoms with E-state index in [-0.39, 0.29) is 0 Å². The van der Waals surface area contributed by atoms with E-state index in [1.807, 2.05) is 0 Å². The summed E-state index contributed by atoms with van der Waals surface area (Å²) in [5, 5.41) is 0. The lowest BCUT2D eigenvalue weighted by atomic mass is 9.38. The van der Waals surface area contributed by atoms with Gasteiger partial charge in [0.2, 0.25) is 0 Å². The Labute approximate surface area is 197 Å². The second kappa shape index (κ2) is 8.65. The fraction of sp³-hybridized carbons (Fsp3) is 1.00. The Bertz CT molecular complexity index is 600. The van der Waals surface area contributed by atoms with Gasteiger partial charge in [-0.3, -0.25) is 0 Å². The number of rotatable bonds is 6. The molecule has 0 aromatic heterocycles. The van der Waals surface area contributed by atoms with Crippen LogP contribution in [-0.2, 0) is 0 Å². The van der Waals surface area contributed by atoms with Crippen LogP contribution in [0.15, 0.2) is 0 Å². The van der Waals surface area contributed by atoms with E-state index in [4.69, 9.17) is 0 Å². The number of fused-ring (bicyclic) bond motifs is 1. The third kappa shape index (κ3) is 4.41. The monoisotopic (exact) mass is 430 g/mol. The smallest absolute Gasteiger partial charge is 0.0233 e. The molecule has 3 aliphatic rings. The van der Waals surface area contributed by atoms with Crippen molar-refractivity contribution in [3.63, 3.8) is 0 Å². The van der Waals surface area contributed by atoms with Gasteiger partial charge in [0.15, 0.2) is 0 Å². The molecule has 0 aromatic carbocycles. The van der Waals surface area contributed by atoms with Gasteiger partial charge < -0.3 is 0 Å². The average molecular weight is 431 g/mol. The fourth-order valence-corrected chi connectivity index (χ4v) is 9.55. The van der Waals surface area contributed by atoms with Crippen LogP contribution in [0.1, 0.15) is 146 Å². The van der Waals surface area contributed by atoms with Crippen molar-refractivity contribution in [1.29, 1.82) is 0 Å². The minimum atomic E-state index is 0.496. The van der Waals surface area contributed by atoms with Gasteiger partial charge in [-0.05, 0) is 102 Å². The minimum Gasteiger partial charge on any atom is -0.0625 e. The molecule has 31 heavy (non-hydrogen) atoms. The van der Waals surface area contributed by atoms with E-state index in [0.29, 0.717) is 27.1 Å². The summed E-state index contributed by atoms with van der Waals surface area (Å²) in [6.07, 6.45) is 17.5. The van der Waals surface area contributed by atoms with E-state index in [9.17, 15) is 0 Å². The molecule has 0 N–H and O–H groups in total. The van der Waals surface area contributed by atoms with Crippen molar-refractivity contribution in [2.75, 3.05) is 0 Å². The van der Waals surface area contributed by atoms with Gasteiger partial charge in [0.05, 0.1) is 0 Å². The SMILES string of the molecule is CC1CCC(C)(C2(C)CCC3(C)C(CCCCC(C)(C)C)CCC3(C)C2C(C)C)CC1. The molecule has 5 atom stereocenters. The lowest BCUT2D eigenvalue weighted by molar-refractivity contribution is -0.183. The summed E-state index contributed by atoms with van der Waals surface area (Å²) in [4.78, 5) is 0. The van der Waals surface area contributed by atoms with E-state index >= 15 is 0 Å². The van der Waals surface area contributed by atoms with Crippen LogP contribution in [0, 0.1) is 50.7 Å². The molecule has 3 aliphatic carbocycles. The number of unbranched alkanes of at least 4 members (excludes halogenated alkanes) is 1. The van der Waals surface area contributed by atoms with Gasteiger partial charge in [-0.15, -0.1) is 0 Å². The summed E-state index contributed by atoms with van der Waals surface area (Å²) >= 11 is 0. The number of hydrogen-bond acceptors (Lipinski definition) is 0. The van der Waals surface area contributed by atoms with Crippen LogP contribution in [-0.4, -0.2) is 0 Å². The van der Waals surface area contributed by atoms with Gasteiger partial charge in [-0.1, -0.05) is 94.9 Å². The van der Waals surface area contributed by atoms with Crippen molar-refractivity contribution in [2.24, 2.45) is 50.7 Å². The number of hydrogen-bond donors (Lipinski definition) is 0. The van der Waals surface area contributed by atoms with E-state index in [0.717, 1.165) is 23.7 Å². The highest BCUT2D eigenvalue weighted by Crippen LogP contribution is 2.75. The molecule has 0 aliphatic heterocycles. The van der Waals surface area contributed by atoms with E-state index < -0.39 is 0 Å². The first kappa shape index (κ1) is 25.6. The Morgan fingerprint density at radius 2 is 1.32 bits per heavy atom. The van der Waals surface area contributed by atoms with E-state index in [1.54, 1.807) is 0 Å². The summed E-state index contributed by atoms with van der Waals surface area (Å²) in [7, 11) is 0. The molecule has 0 radical (unpaired) electrons. The normalized spacial score (nSPS) is 46.4. The highest BCUT2D eigenvalue weighted by Gasteiger charge is 2.67. The van der Waals surface area contributed by atoms with Gasteiger partial charge in [0, 0.05) is 0 Å². The van der Waals surface area contributed by atoms with Crippen LogP contribution in [0.5, 0.6) is 0 Å². The Morgan fingerprint density at radius 1 is 0.742 bits per heavy atom. The van der Waals surface area contributed by atoms with Gasteiger partial charge in [-0.2, -0.15) is 0 Å². The zero-order valence-electron chi connectivity index (χ0n) is 23.3. The van der Waals surface area contributed by atoms with Crippen molar-refractivity contribution in [1.82, 2.24) is 0 Å². The lowest BCUT2D eigenvalue weighted by Gasteiger charge is -2.67. The first-order valence-corrected chi connectivity index (χ1v) is 14.2. The zero-order chi connectivity index (χ0) is 23.3. The third-order valence-electron chi connectivity index (χ3n) is 11.9. The molecule has 0 aromatic rings. The minimum absolute atomic E-state index is 0.496. The Hall–Kier alpha value is 0. The maximum atomic E-state index is 2.76. The fourth-order valence-electron chi connectivity index (χ4n) is 9.55. The second-order valence-corrected chi connectivity index (χ2v) is 15.3. The molecule has 0 heterocycles. The second-order valence-electron chi connectivity index (χ2n) is 15.3. The van der Waals surface area contributed by atoms with Crippen LogP contribution in [0.2, 0.25) is 0 Å². The van der Waals surface area contributed by atoms with Gasteiger partial charge in [0.25, 0.3) is 0 Å². The predicted molar refractivity (Wildman–Crippen MR) is 138 cm³/mol. The zero-order valence-corrected chi connectivity index (χ0v) is 23.3. The molecule has 0 bridgehead atoms. The van der Waals surface area contributed by atoms with Crippen molar-refractivity contribution >= 4 is 0 Å². The van der Waals surface area contributed by atoms with Gasteiger partial charge in [-0.25, -0.2) is 0 Å². The Morgan fingerprint density at radius 3 is 1.87 bits per heavy atom. The van der Waals surface area contributed by atoms with Crippen LogP contribution >= 0.6 is 0 Å². The van der Waals surface area contributed by atoms with Gasteiger partial charge >= 0.3 is 0 Å². The molecule has 0 heteroatoms. The standard InChI is InChI=1S/C31H58/c1-23(2)26-30(9,28(7)18-14-24(3)15-19-28)22-21-29(8)25(16-20-31(26,29)10)13-11-12-17-27(4,5)6/h23-26H,11-22H2,1-10H3. The topological polar surface area (TPSA) is 0 Å². The lowest BCUT2D eigenvalue weighted by Crippen LogP contribution is -2.60. The summed E-state index contributed by atoms with van der Waals surface area (Å²) in [6.45, 7) is 25.8. The average Bonchev–Trinajstić information content (AvgIpc) is 2.91. The third-order valence-corrected chi connectivity index (χ3v) is 11.9. The summed E-state index contributed by atoms with van der Waals surface area (Å²) in [5.74, 6) is 3.58. The van der Waals surface area contributed by atoms with E-state index in [1.165, 1.54) is 77.0 Å². The Kier molecular flexibility index (Phi) is 7.15. The first-order chi connectivity index (χ1) is 14.2. The van der Waals surface area contributed by atoms with Crippen LogP contribution < -0.4 is 0 Å². The largest absolute Gasteiger partial charge is 0.0625 e. The van der Waals surface area contributed by atoms with E-state index in [2.05, 4.69) is 69.2 Å². The maximum Gasteiger partial charge on any atom is -0.0233 e. The van der Waals surface area contributed by atoms with Crippen molar-refractivity contribution in [3.05, 3.63) is 0 Å².